The molecule has 0 radical (unpaired) electrons. The van der Waals surface area contributed by atoms with Gasteiger partial charge in [-0.25, -0.2) is 0 Å². The number of esters is 1. The predicted molar refractivity (Wildman–Crippen MR) is 84.3 cm³/mol. The maximum Gasteiger partial charge on any atom is 0.312 e. The molecule has 0 spiro atoms. The summed E-state index contributed by atoms with van der Waals surface area (Å²) < 4.78 is 5.45. The molecule has 1 heterocycles. The summed E-state index contributed by atoms with van der Waals surface area (Å²) >= 11 is 0. The largest absolute Gasteiger partial charge is 0.427 e. The minimum Gasteiger partial charge on any atom is -0.427 e. The van der Waals surface area contributed by atoms with E-state index in [0.29, 0.717) is 6.42 Å². The van der Waals surface area contributed by atoms with Gasteiger partial charge in [0.2, 0.25) is 0 Å². The minimum atomic E-state index is -0.136. The van der Waals surface area contributed by atoms with Crippen LogP contribution < -0.4 is 0 Å². The van der Waals surface area contributed by atoms with Crippen LogP contribution in [-0.4, -0.2) is 5.97 Å². The van der Waals surface area contributed by atoms with Gasteiger partial charge in [0.25, 0.3) is 0 Å². The Balaban J connectivity index is 2.03. The molecule has 0 aromatic carbocycles. The molecule has 0 aromatic heterocycles. The van der Waals surface area contributed by atoms with Crippen molar-refractivity contribution in [1.82, 2.24) is 0 Å². The molecule has 2 nitrogen and oxygen atoms in total. The number of carbonyl (C=O) groups excluding carboxylic acids is 1. The average molecular weight is 280 g/mol. The number of ether oxygens (including phenoxy) is 1. The SMILES string of the molecule is CC1=CC=C2C(=CC1)OC(=O)CC2C1=CC=CCC(C)=C1. The van der Waals surface area contributed by atoms with Gasteiger partial charge < -0.3 is 4.74 Å². The van der Waals surface area contributed by atoms with Crippen LogP contribution in [0, 0.1) is 5.92 Å². The van der Waals surface area contributed by atoms with Crippen LogP contribution in [-0.2, 0) is 9.53 Å². The zero-order valence-electron chi connectivity index (χ0n) is 12.6. The van der Waals surface area contributed by atoms with E-state index in [1.54, 1.807) is 0 Å². The average Bonchev–Trinajstić information content (AvgIpc) is 2.77. The number of allylic oxidation sites excluding steroid dienone is 11. The van der Waals surface area contributed by atoms with Gasteiger partial charge >= 0.3 is 5.97 Å². The van der Waals surface area contributed by atoms with E-state index in [9.17, 15) is 4.79 Å². The van der Waals surface area contributed by atoms with Gasteiger partial charge in [-0.05, 0) is 38.3 Å². The zero-order valence-corrected chi connectivity index (χ0v) is 12.6. The lowest BCUT2D eigenvalue weighted by Crippen LogP contribution is -2.23. The summed E-state index contributed by atoms with van der Waals surface area (Å²) in [5.74, 6) is 0.699. The van der Waals surface area contributed by atoms with Crippen LogP contribution in [0.25, 0.3) is 0 Å². The molecule has 0 aromatic rings. The van der Waals surface area contributed by atoms with Crippen molar-refractivity contribution < 1.29 is 9.53 Å². The third-order valence-electron chi connectivity index (χ3n) is 4.09. The first-order chi connectivity index (χ1) is 10.1. The quantitative estimate of drug-likeness (QED) is 0.659. The molecule has 2 aliphatic carbocycles. The Kier molecular flexibility index (Phi) is 3.78. The van der Waals surface area contributed by atoms with Crippen molar-refractivity contribution >= 4 is 5.97 Å². The number of hydrogen-bond acceptors (Lipinski definition) is 2. The van der Waals surface area contributed by atoms with Crippen LogP contribution in [0.3, 0.4) is 0 Å². The van der Waals surface area contributed by atoms with Crippen LogP contribution in [0.1, 0.15) is 33.1 Å². The highest BCUT2D eigenvalue weighted by molar-refractivity contribution is 5.76. The summed E-state index contributed by atoms with van der Waals surface area (Å²) in [6, 6.07) is 0. The smallest absolute Gasteiger partial charge is 0.312 e. The van der Waals surface area contributed by atoms with Gasteiger partial charge in [-0.1, -0.05) is 47.6 Å². The molecule has 0 saturated carbocycles. The van der Waals surface area contributed by atoms with Crippen molar-refractivity contribution in [1.29, 1.82) is 0 Å². The molecule has 3 aliphatic rings. The fraction of sp³-hybridized carbons (Fsp3) is 0.316. The van der Waals surface area contributed by atoms with E-state index in [4.69, 9.17) is 4.74 Å². The summed E-state index contributed by atoms with van der Waals surface area (Å²) in [7, 11) is 0. The number of carbonyl (C=O) groups is 1. The van der Waals surface area contributed by atoms with Crippen molar-refractivity contribution in [3.05, 3.63) is 70.6 Å². The third-order valence-corrected chi connectivity index (χ3v) is 4.09. The lowest BCUT2D eigenvalue weighted by Gasteiger charge is -2.27. The van der Waals surface area contributed by atoms with Crippen molar-refractivity contribution in [3.63, 3.8) is 0 Å². The van der Waals surface area contributed by atoms with E-state index in [0.717, 1.165) is 24.2 Å². The monoisotopic (exact) mass is 280 g/mol. The summed E-state index contributed by atoms with van der Waals surface area (Å²) in [5.41, 5.74) is 4.92. The zero-order chi connectivity index (χ0) is 14.8. The first-order valence-electron chi connectivity index (χ1n) is 7.46. The lowest BCUT2D eigenvalue weighted by molar-refractivity contribution is -0.141. The van der Waals surface area contributed by atoms with Gasteiger partial charge in [-0.3, -0.25) is 4.79 Å². The molecule has 0 bridgehead atoms. The minimum absolute atomic E-state index is 0.0948. The molecule has 108 valence electrons. The summed E-state index contributed by atoms with van der Waals surface area (Å²) in [5, 5.41) is 0. The third kappa shape index (κ3) is 2.99. The van der Waals surface area contributed by atoms with Crippen molar-refractivity contribution in [3.8, 4) is 0 Å². The Morgan fingerprint density at radius 1 is 1.10 bits per heavy atom. The van der Waals surface area contributed by atoms with E-state index in [1.807, 2.05) is 6.08 Å². The fourth-order valence-corrected chi connectivity index (χ4v) is 2.92. The topological polar surface area (TPSA) is 26.3 Å². The standard InChI is InChI=1S/C19H20O2/c1-13-7-9-16-17(12-19(20)21-18(16)10-8-13)15-6-4-3-5-14(2)11-15/h3-4,6-7,9-11,17H,5,8,12H2,1-2H3. The van der Waals surface area contributed by atoms with Crippen LogP contribution in [0.4, 0.5) is 0 Å². The van der Waals surface area contributed by atoms with Gasteiger partial charge in [0.15, 0.2) is 0 Å². The van der Waals surface area contributed by atoms with Crippen molar-refractivity contribution in [2.45, 2.75) is 33.1 Å². The number of fused-ring (bicyclic) bond motifs is 1. The summed E-state index contributed by atoms with van der Waals surface area (Å²) in [4.78, 5) is 12.0. The first kappa shape index (κ1) is 13.9. The second-order valence-electron chi connectivity index (χ2n) is 5.93. The maximum atomic E-state index is 12.0. The predicted octanol–water partition coefficient (Wildman–Crippen LogP) is 4.54. The van der Waals surface area contributed by atoms with Crippen LogP contribution in [0.2, 0.25) is 0 Å². The number of rotatable bonds is 1. The molecule has 1 aliphatic heterocycles. The Bertz CT molecular complexity index is 651. The highest BCUT2D eigenvalue weighted by Crippen LogP contribution is 2.38. The van der Waals surface area contributed by atoms with Gasteiger partial charge in [-0.2, -0.15) is 0 Å². The molecule has 1 fully saturated rings. The number of hydrogen-bond donors (Lipinski definition) is 0. The van der Waals surface area contributed by atoms with E-state index in [1.165, 1.54) is 16.7 Å². The molecule has 0 N–H and O–H groups in total. The molecule has 3 rings (SSSR count). The molecule has 0 amide bonds. The van der Waals surface area contributed by atoms with Crippen molar-refractivity contribution in [2.24, 2.45) is 5.92 Å². The summed E-state index contributed by atoms with van der Waals surface area (Å²) in [6.45, 7) is 4.23. The Morgan fingerprint density at radius 2 is 1.95 bits per heavy atom. The van der Waals surface area contributed by atoms with Gasteiger partial charge in [0.1, 0.15) is 5.76 Å². The Hall–Kier alpha value is -2.09. The fourth-order valence-electron chi connectivity index (χ4n) is 2.92. The van der Waals surface area contributed by atoms with Gasteiger partial charge in [0, 0.05) is 11.5 Å². The Morgan fingerprint density at radius 3 is 2.81 bits per heavy atom. The van der Waals surface area contributed by atoms with Crippen molar-refractivity contribution in [2.75, 3.05) is 0 Å². The van der Waals surface area contributed by atoms with E-state index < -0.39 is 0 Å². The maximum absolute atomic E-state index is 12.0. The highest BCUT2D eigenvalue weighted by atomic mass is 16.5. The second-order valence-corrected chi connectivity index (χ2v) is 5.93. The molecule has 2 heteroatoms. The van der Waals surface area contributed by atoms with Gasteiger partial charge in [-0.15, -0.1) is 0 Å². The molecule has 1 unspecified atom stereocenters. The molecular weight excluding hydrogens is 260 g/mol. The first-order valence-corrected chi connectivity index (χ1v) is 7.46. The molecule has 1 atom stereocenters. The van der Waals surface area contributed by atoms with E-state index in [2.05, 4.69) is 50.3 Å². The van der Waals surface area contributed by atoms with Crippen LogP contribution in [0.5, 0.6) is 0 Å². The normalized spacial score (nSPS) is 25.3. The van der Waals surface area contributed by atoms with E-state index >= 15 is 0 Å². The van der Waals surface area contributed by atoms with Crippen LogP contribution >= 0.6 is 0 Å². The second kappa shape index (κ2) is 5.72. The molecular formula is C19H20O2. The molecule has 21 heavy (non-hydrogen) atoms. The lowest BCUT2D eigenvalue weighted by atomic mass is 9.84. The highest BCUT2D eigenvalue weighted by Gasteiger charge is 2.31. The Labute approximate surface area is 125 Å². The van der Waals surface area contributed by atoms with E-state index in [-0.39, 0.29) is 11.9 Å². The molecule has 1 saturated heterocycles. The van der Waals surface area contributed by atoms with Gasteiger partial charge in [0.05, 0.1) is 6.42 Å². The summed E-state index contributed by atoms with van der Waals surface area (Å²) in [6.07, 6.45) is 17.1. The van der Waals surface area contributed by atoms with Crippen LogP contribution in [0.15, 0.2) is 70.6 Å².